The molecule has 0 saturated carbocycles. The van der Waals surface area contributed by atoms with Crippen LogP contribution in [0, 0.1) is 5.92 Å². The number of amides is 2. The number of nitrogens with zero attached hydrogens (tertiary/aromatic N) is 1. The number of hydrogen-bond donors (Lipinski definition) is 1. The molecular weight excluding hydrogens is 240 g/mol. The number of carbonyl (C=O) groups excluding carboxylic acids is 2. The average Bonchev–Trinajstić information content (AvgIpc) is 2.36. The van der Waals surface area contributed by atoms with Crippen molar-refractivity contribution in [2.75, 3.05) is 6.54 Å². The zero-order chi connectivity index (χ0) is 14.4. The predicted molar refractivity (Wildman–Crippen MR) is 76.7 cm³/mol. The van der Waals surface area contributed by atoms with E-state index in [9.17, 15) is 9.59 Å². The Morgan fingerprint density at radius 1 is 1.21 bits per heavy atom. The molecule has 0 aliphatic carbocycles. The summed E-state index contributed by atoms with van der Waals surface area (Å²) in [5, 5.41) is 2.72. The van der Waals surface area contributed by atoms with Crippen molar-refractivity contribution in [2.24, 2.45) is 5.92 Å². The molecular formula is C15H28N2O2. The summed E-state index contributed by atoms with van der Waals surface area (Å²) in [5.41, 5.74) is 0. The molecule has 0 aromatic rings. The van der Waals surface area contributed by atoms with E-state index >= 15 is 0 Å². The fourth-order valence-corrected chi connectivity index (χ4v) is 2.89. The van der Waals surface area contributed by atoms with E-state index in [0.29, 0.717) is 0 Å². The van der Waals surface area contributed by atoms with Gasteiger partial charge in [-0.25, -0.2) is 0 Å². The first kappa shape index (κ1) is 16.0. The molecule has 2 atom stereocenters. The van der Waals surface area contributed by atoms with E-state index in [1.165, 1.54) is 0 Å². The van der Waals surface area contributed by atoms with E-state index in [-0.39, 0.29) is 36.4 Å². The van der Waals surface area contributed by atoms with Crippen molar-refractivity contribution in [1.29, 1.82) is 0 Å². The minimum Gasteiger partial charge on any atom is -0.345 e. The van der Waals surface area contributed by atoms with Crippen LogP contribution in [-0.2, 0) is 9.59 Å². The molecule has 4 heteroatoms. The Morgan fingerprint density at radius 2 is 1.89 bits per heavy atom. The summed E-state index contributed by atoms with van der Waals surface area (Å²) in [4.78, 5) is 26.2. The standard InChI is InChI=1S/C15H28N2O2/c1-5-7-9-12(8-6-2)17-13(18)10-16-15(19)14(17)11(3)4/h11-12,14H,5-10H2,1-4H3,(H,16,19). The molecule has 19 heavy (non-hydrogen) atoms. The maximum absolute atomic E-state index is 12.2. The van der Waals surface area contributed by atoms with Gasteiger partial charge in [0.25, 0.3) is 0 Å². The van der Waals surface area contributed by atoms with E-state index in [1.807, 2.05) is 18.7 Å². The molecule has 1 rings (SSSR count). The van der Waals surface area contributed by atoms with Gasteiger partial charge in [0.2, 0.25) is 11.8 Å². The molecule has 0 aromatic carbocycles. The van der Waals surface area contributed by atoms with Crippen LogP contribution in [0.5, 0.6) is 0 Å². The fraction of sp³-hybridized carbons (Fsp3) is 0.867. The molecule has 1 fully saturated rings. The molecule has 0 spiro atoms. The van der Waals surface area contributed by atoms with Gasteiger partial charge in [0, 0.05) is 6.04 Å². The lowest BCUT2D eigenvalue weighted by molar-refractivity contribution is -0.150. The topological polar surface area (TPSA) is 49.4 Å². The van der Waals surface area contributed by atoms with Gasteiger partial charge in [-0.2, -0.15) is 0 Å². The van der Waals surface area contributed by atoms with Gasteiger partial charge in [-0.05, 0) is 18.8 Å². The maximum Gasteiger partial charge on any atom is 0.243 e. The smallest absolute Gasteiger partial charge is 0.243 e. The van der Waals surface area contributed by atoms with Gasteiger partial charge in [-0.1, -0.05) is 47.0 Å². The van der Waals surface area contributed by atoms with Crippen molar-refractivity contribution in [3.8, 4) is 0 Å². The second-order valence-electron chi connectivity index (χ2n) is 5.79. The summed E-state index contributed by atoms with van der Waals surface area (Å²) < 4.78 is 0. The van der Waals surface area contributed by atoms with E-state index in [4.69, 9.17) is 0 Å². The average molecular weight is 268 g/mol. The van der Waals surface area contributed by atoms with Crippen LogP contribution in [0.3, 0.4) is 0 Å². The first-order valence-corrected chi connectivity index (χ1v) is 7.61. The highest BCUT2D eigenvalue weighted by Gasteiger charge is 2.39. The van der Waals surface area contributed by atoms with Gasteiger partial charge >= 0.3 is 0 Å². The Kier molecular flexibility index (Phi) is 6.32. The van der Waals surface area contributed by atoms with Gasteiger partial charge in [0.1, 0.15) is 6.04 Å². The molecule has 1 aliphatic rings. The SMILES string of the molecule is CCCCC(CCC)N1C(=O)CNC(=O)C1C(C)C. The van der Waals surface area contributed by atoms with Gasteiger partial charge in [0.05, 0.1) is 6.54 Å². The zero-order valence-electron chi connectivity index (χ0n) is 12.7. The lowest BCUT2D eigenvalue weighted by atomic mass is 9.94. The molecule has 1 N–H and O–H groups in total. The Morgan fingerprint density at radius 3 is 2.42 bits per heavy atom. The molecule has 0 bridgehead atoms. The Bertz CT molecular complexity index is 315. The summed E-state index contributed by atoms with van der Waals surface area (Å²) in [6.07, 6.45) is 5.28. The summed E-state index contributed by atoms with van der Waals surface area (Å²) >= 11 is 0. The molecule has 1 aliphatic heterocycles. The lowest BCUT2D eigenvalue weighted by Gasteiger charge is -2.42. The number of carbonyl (C=O) groups is 2. The van der Waals surface area contributed by atoms with Crippen molar-refractivity contribution in [3.05, 3.63) is 0 Å². The molecule has 1 saturated heterocycles. The third-order valence-electron chi connectivity index (χ3n) is 3.81. The van der Waals surface area contributed by atoms with Crippen LogP contribution in [0.15, 0.2) is 0 Å². The summed E-state index contributed by atoms with van der Waals surface area (Å²) in [7, 11) is 0. The Balaban J connectivity index is 2.91. The predicted octanol–water partition coefficient (Wildman–Crippen LogP) is 2.33. The highest BCUT2D eigenvalue weighted by molar-refractivity contribution is 5.95. The highest BCUT2D eigenvalue weighted by Crippen LogP contribution is 2.23. The van der Waals surface area contributed by atoms with E-state index in [0.717, 1.165) is 32.1 Å². The molecule has 1 heterocycles. The second kappa shape index (κ2) is 7.51. The number of rotatable bonds is 7. The number of unbranched alkanes of at least 4 members (excludes halogenated alkanes) is 1. The van der Waals surface area contributed by atoms with E-state index in [2.05, 4.69) is 19.2 Å². The van der Waals surface area contributed by atoms with Crippen LogP contribution in [0.4, 0.5) is 0 Å². The molecule has 2 unspecified atom stereocenters. The van der Waals surface area contributed by atoms with Crippen LogP contribution >= 0.6 is 0 Å². The third-order valence-corrected chi connectivity index (χ3v) is 3.81. The minimum absolute atomic E-state index is 0.00667. The van der Waals surface area contributed by atoms with Gasteiger partial charge in [-0.3, -0.25) is 9.59 Å². The van der Waals surface area contributed by atoms with Crippen molar-refractivity contribution in [1.82, 2.24) is 10.2 Å². The van der Waals surface area contributed by atoms with Crippen LogP contribution in [0.25, 0.3) is 0 Å². The van der Waals surface area contributed by atoms with Crippen LogP contribution in [0.2, 0.25) is 0 Å². The lowest BCUT2D eigenvalue weighted by Crippen LogP contribution is -2.63. The first-order chi connectivity index (χ1) is 9.02. The third kappa shape index (κ3) is 3.95. The number of nitrogens with one attached hydrogen (secondary N) is 1. The maximum atomic E-state index is 12.2. The van der Waals surface area contributed by atoms with E-state index < -0.39 is 0 Å². The van der Waals surface area contributed by atoms with Crippen molar-refractivity contribution < 1.29 is 9.59 Å². The normalized spacial score (nSPS) is 21.7. The quantitative estimate of drug-likeness (QED) is 0.770. The first-order valence-electron chi connectivity index (χ1n) is 7.61. The minimum atomic E-state index is -0.297. The van der Waals surface area contributed by atoms with Gasteiger partial charge < -0.3 is 10.2 Å². The number of hydrogen-bond acceptors (Lipinski definition) is 2. The van der Waals surface area contributed by atoms with Crippen LogP contribution in [-0.4, -0.2) is 35.3 Å². The molecule has 4 nitrogen and oxygen atoms in total. The fourth-order valence-electron chi connectivity index (χ4n) is 2.89. The molecule has 0 aromatic heterocycles. The van der Waals surface area contributed by atoms with Crippen LogP contribution < -0.4 is 5.32 Å². The number of piperazine rings is 1. The van der Waals surface area contributed by atoms with Crippen LogP contribution in [0.1, 0.15) is 59.8 Å². The van der Waals surface area contributed by atoms with Crippen molar-refractivity contribution in [3.63, 3.8) is 0 Å². The molecule has 0 radical (unpaired) electrons. The van der Waals surface area contributed by atoms with Gasteiger partial charge in [-0.15, -0.1) is 0 Å². The Labute approximate surface area is 116 Å². The summed E-state index contributed by atoms with van der Waals surface area (Å²) in [6, 6.07) is -0.0782. The van der Waals surface area contributed by atoms with Gasteiger partial charge in [0.15, 0.2) is 0 Å². The summed E-state index contributed by atoms with van der Waals surface area (Å²) in [6.45, 7) is 8.48. The van der Waals surface area contributed by atoms with Crippen molar-refractivity contribution in [2.45, 2.75) is 71.9 Å². The molecule has 110 valence electrons. The van der Waals surface area contributed by atoms with E-state index in [1.54, 1.807) is 0 Å². The molecule has 2 amide bonds. The Hall–Kier alpha value is -1.06. The summed E-state index contributed by atoms with van der Waals surface area (Å²) in [5.74, 6) is 0.241. The largest absolute Gasteiger partial charge is 0.345 e. The highest BCUT2D eigenvalue weighted by atomic mass is 16.2. The zero-order valence-corrected chi connectivity index (χ0v) is 12.7. The van der Waals surface area contributed by atoms with Crippen molar-refractivity contribution >= 4 is 11.8 Å². The second-order valence-corrected chi connectivity index (χ2v) is 5.79. The monoisotopic (exact) mass is 268 g/mol.